The van der Waals surface area contributed by atoms with Crippen LogP contribution in [0.4, 0.5) is 5.69 Å². The molecule has 0 aromatic heterocycles. The van der Waals surface area contributed by atoms with Crippen molar-refractivity contribution in [2.45, 2.75) is 31.1 Å². The van der Waals surface area contributed by atoms with Crippen LogP contribution in [0.5, 0.6) is 0 Å². The van der Waals surface area contributed by atoms with E-state index < -0.39 is 15.7 Å². The molecule has 0 spiro atoms. The van der Waals surface area contributed by atoms with Crippen molar-refractivity contribution in [1.82, 2.24) is 0 Å². The van der Waals surface area contributed by atoms with Crippen LogP contribution in [0.2, 0.25) is 0 Å². The minimum atomic E-state index is -1.43. The third-order valence-corrected chi connectivity index (χ3v) is 3.98. The smallest absolute Gasteiger partial charge is 0.285 e. The van der Waals surface area contributed by atoms with E-state index in [1.165, 1.54) is 12.1 Å². The summed E-state index contributed by atoms with van der Waals surface area (Å²) in [5.41, 5.74) is -0.127. The van der Waals surface area contributed by atoms with E-state index in [1.54, 1.807) is 19.1 Å². The zero-order chi connectivity index (χ0) is 13.5. The number of para-hydroxylation sites is 1. The van der Waals surface area contributed by atoms with Gasteiger partial charge >= 0.3 is 0 Å². The fourth-order valence-corrected chi connectivity index (χ4v) is 2.72. The third kappa shape index (κ3) is 4.03. The average Bonchev–Trinajstić information content (AvgIpc) is 2.38. The number of carbonyl (C=O) groups is 1. The summed E-state index contributed by atoms with van der Waals surface area (Å²) < 4.78 is 11.9. The van der Waals surface area contributed by atoms with E-state index in [0.29, 0.717) is 19.3 Å². The molecule has 0 fully saturated rings. The fourth-order valence-electron chi connectivity index (χ4n) is 1.49. The monoisotopic (exact) mass is 269 g/mol. The number of nitro groups is 1. The molecule has 1 unspecified atom stereocenters. The van der Waals surface area contributed by atoms with E-state index in [2.05, 4.69) is 0 Å². The van der Waals surface area contributed by atoms with Crippen molar-refractivity contribution in [3.8, 4) is 0 Å². The van der Waals surface area contributed by atoms with Crippen molar-refractivity contribution < 1.29 is 13.9 Å². The summed E-state index contributed by atoms with van der Waals surface area (Å²) in [5.74, 6) is 0.394. The highest BCUT2D eigenvalue weighted by atomic mass is 32.2. The largest absolute Gasteiger partial charge is 0.300 e. The molecule has 1 aromatic rings. The number of carbonyl (C=O) groups excluding carboxylic acids is 1. The number of ketones is 1. The van der Waals surface area contributed by atoms with Gasteiger partial charge in [0.25, 0.3) is 5.69 Å². The van der Waals surface area contributed by atoms with Crippen molar-refractivity contribution in [2.75, 3.05) is 5.75 Å². The van der Waals surface area contributed by atoms with Crippen LogP contribution in [0.1, 0.15) is 26.2 Å². The van der Waals surface area contributed by atoms with E-state index in [-0.39, 0.29) is 22.1 Å². The van der Waals surface area contributed by atoms with Crippen LogP contribution in [0.3, 0.4) is 0 Å². The van der Waals surface area contributed by atoms with Crippen molar-refractivity contribution in [3.63, 3.8) is 0 Å². The van der Waals surface area contributed by atoms with Gasteiger partial charge in [-0.1, -0.05) is 19.1 Å². The lowest BCUT2D eigenvalue weighted by Gasteiger charge is -2.02. The van der Waals surface area contributed by atoms with Crippen LogP contribution in [-0.2, 0) is 15.6 Å². The average molecular weight is 269 g/mol. The molecular weight excluding hydrogens is 254 g/mol. The highest BCUT2D eigenvalue weighted by molar-refractivity contribution is 7.85. The molecule has 0 N–H and O–H groups in total. The number of rotatable bonds is 7. The molecule has 0 aliphatic carbocycles. The third-order valence-electron chi connectivity index (χ3n) is 2.49. The molecule has 1 rings (SSSR count). The predicted molar refractivity (Wildman–Crippen MR) is 68.9 cm³/mol. The molecule has 0 saturated heterocycles. The molecule has 0 saturated carbocycles. The normalized spacial score (nSPS) is 12.1. The maximum atomic E-state index is 11.9. The molecule has 0 aliphatic rings. The van der Waals surface area contributed by atoms with Gasteiger partial charge in [-0.3, -0.25) is 19.1 Å². The molecule has 98 valence electrons. The maximum Gasteiger partial charge on any atom is 0.285 e. The van der Waals surface area contributed by atoms with Crippen LogP contribution >= 0.6 is 0 Å². The Kier molecular flexibility index (Phi) is 5.64. The second-order valence-electron chi connectivity index (χ2n) is 3.77. The molecule has 18 heavy (non-hydrogen) atoms. The van der Waals surface area contributed by atoms with E-state index in [4.69, 9.17) is 0 Å². The van der Waals surface area contributed by atoms with E-state index in [0.717, 1.165) is 0 Å². The predicted octanol–water partition coefficient (Wildman–Crippen LogP) is 2.46. The zero-order valence-electron chi connectivity index (χ0n) is 10.1. The number of benzene rings is 1. The van der Waals surface area contributed by atoms with Gasteiger partial charge in [-0.05, 0) is 12.5 Å². The van der Waals surface area contributed by atoms with Gasteiger partial charge in [0, 0.05) is 24.7 Å². The Hall–Kier alpha value is -1.56. The number of nitrogens with zero attached hydrogens (tertiary/aromatic N) is 1. The highest BCUT2D eigenvalue weighted by Crippen LogP contribution is 2.22. The molecule has 1 aromatic carbocycles. The summed E-state index contributed by atoms with van der Waals surface area (Å²) >= 11 is 0. The lowest BCUT2D eigenvalue weighted by Crippen LogP contribution is -2.04. The number of hydrogen-bond donors (Lipinski definition) is 0. The summed E-state index contributed by atoms with van der Waals surface area (Å²) in [6.07, 6.45) is 1.34. The maximum absolute atomic E-state index is 11.9. The lowest BCUT2D eigenvalue weighted by atomic mass is 10.2. The van der Waals surface area contributed by atoms with Crippen LogP contribution in [0.25, 0.3) is 0 Å². The lowest BCUT2D eigenvalue weighted by molar-refractivity contribution is -0.387. The van der Waals surface area contributed by atoms with Crippen molar-refractivity contribution >= 4 is 22.3 Å². The van der Waals surface area contributed by atoms with Gasteiger partial charge in [-0.25, -0.2) is 0 Å². The highest BCUT2D eigenvalue weighted by Gasteiger charge is 2.17. The van der Waals surface area contributed by atoms with E-state index in [1.807, 2.05) is 0 Å². The molecule has 5 nitrogen and oxygen atoms in total. The quantitative estimate of drug-likeness (QED) is 0.562. The summed E-state index contributed by atoms with van der Waals surface area (Å²) in [7, 11) is -1.43. The Balaban J connectivity index is 2.67. The van der Waals surface area contributed by atoms with E-state index in [9.17, 15) is 19.1 Å². The molecule has 0 amide bonds. The standard InChI is InChI=1S/C12H15NO4S/c1-2-10(14)6-5-9-18(17)12-8-4-3-7-11(12)13(15)16/h3-4,7-8H,2,5-6,9H2,1H3. The van der Waals surface area contributed by atoms with Crippen LogP contribution < -0.4 is 0 Å². The molecule has 0 bridgehead atoms. The van der Waals surface area contributed by atoms with E-state index >= 15 is 0 Å². The first-order chi connectivity index (χ1) is 8.56. The molecule has 0 aliphatic heterocycles. The van der Waals surface area contributed by atoms with Crippen molar-refractivity contribution in [1.29, 1.82) is 0 Å². The summed E-state index contributed by atoms with van der Waals surface area (Å²) in [6.45, 7) is 1.78. The van der Waals surface area contributed by atoms with Crippen molar-refractivity contribution in [3.05, 3.63) is 34.4 Å². The first-order valence-electron chi connectivity index (χ1n) is 5.69. The first kappa shape index (κ1) is 14.5. The van der Waals surface area contributed by atoms with Gasteiger partial charge in [0.1, 0.15) is 10.7 Å². The number of hydrogen-bond acceptors (Lipinski definition) is 4. The van der Waals surface area contributed by atoms with Gasteiger partial charge in [0.2, 0.25) is 0 Å². The molecular formula is C12H15NO4S. The Morgan fingerprint density at radius 3 is 2.67 bits per heavy atom. The Labute approximate surface area is 108 Å². The molecule has 0 radical (unpaired) electrons. The Bertz CT molecular complexity index is 473. The van der Waals surface area contributed by atoms with Gasteiger partial charge < -0.3 is 0 Å². The second kappa shape index (κ2) is 7.00. The van der Waals surface area contributed by atoms with Gasteiger partial charge in [0.15, 0.2) is 0 Å². The van der Waals surface area contributed by atoms with Gasteiger partial charge in [0.05, 0.1) is 15.7 Å². The molecule has 6 heteroatoms. The number of Topliss-reactive ketones (excluding diaryl/α,β-unsaturated/α-hetero) is 1. The van der Waals surface area contributed by atoms with Gasteiger partial charge in [-0.2, -0.15) is 0 Å². The molecule has 1 atom stereocenters. The van der Waals surface area contributed by atoms with Gasteiger partial charge in [-0.15, -0.1) is 0 Å². The zero-order valence-corrected chi connectivity index (χ0v) is 10.9. The molecule has 0 heterocycles. The summed E-state index contributed by atoms with van der Waals surface area (Å²) in [5, 5.41) is 10.8. The number of nitro benzene ring substituents is 1. The van der Waals surface area contributed by atoms with Crippen LogP contribution in [-0.4, -0.2) is 20.7 Å². The minimum Gasteiger partial charge on any atom is -0.300 e. The SMILES string of the molecule is CCC(=O)CCCS(=O)c1ccccc1[N+](=O)[O-]. The Morgan fingerprint density at radius 2 is 2.06 bits per heavy atom. The summed E-state index contributed by atoms with van der Waals surface area (Å²) in [6, 6.07) is 6.00. The summed E-state index contributed by atoms with van der Waals surface area (Å²) in [4.78, 5) is 21.6. The van der Waals surface area contributed by atoms with Crippen molar-refractivity contribution in [2.24, 2.45) is 0 Å². The topological polar surface area (TPSA) is 77.3 Å². The Morgan fingerprint density at radius 1 is 1.39 bits per heavy atom. The van der Waals surface area contributed by atoms with Crippen LogP contribution in [0, 0.1) is 10.1 Å². The fraction of sp³-hybridized carbons (Fsp3) is 0.417. The second-order valence-corrected chi connectivity index (χ2v) is 5.31. The first-order valence-corrected chi connectivity index (χ1v) is 7.01. The van der Waals surface area contributed by atoms with Crippen LogP contribution in [0.15, 0.2) is 29.2 Å². The minimum absolute atomic E-state index is 0.120.